The van der Waals surface area contributed by atoms with Gasteiger partial charge < -0.3 is 9.47 Å². The van der Waals surface area contributed by atoms with Crippen LogP contribution in [0.2, 0.25) is 0 Å². The highest BCUT2D eigenvalue weighted by Gasteiger charge is 2.29. The molecular formula is C21H32O3. The van der Waals surface area contributed by atoms with Crippen molar-refractivity contribution in [3.8, 4) is 5.75 Å². The highest BCUT2D eigenvalue weighted by atomic mass is 16.5. The van der Waals surface area contributed by atoms with Crippen LogP contribution < -0.4 is 4.74 Å². The van der Waals surface area contributed by atoms with Crippen molar-refractivity contribution in [3.63, 3.8) is 0 Å². The summed E-state index contributed by atoms with van der Waals surface area (Å²) in [5.41, 5.74) is 1.26. The van der Waals surface area contributed by atoms with Crippen molar-refractivity contribution in [3.05, 3.63) is 29.8 Å². The molecule has 1 aromatic rings. The normalized spacial score (nSPS) is 20.8. The lowest BCUT2D eigenvalue weighted by atomic mass is 9.81. The van der Waals surface area contributed by atoms with Crippen LogP contribution in [-0.4, -0.2) is 18.2 Å². The number of esters is 1. The van der Waals surface area contributed by atoms with Gasteiger partial charge in [0.2, 0.25) is 0 Å². The molecule has 0 aromatic heterocycles. The van der Waals surface area contributed by atoms with Gasteiger partial charge in [0.05, 0.1) is 6.10 Å². The Morgan fingerprint density at radius 2 is 1.83 bits per heavy atom. The minimum atomic E-state index is -0.0277. The Bertz CT molecular complexity index is 492. The monoisotopic (exact) mass is 332 g/mol. The summed E-state index contributed by atoms with van der Waals surface area (Å²) in [5, 5.41) is 0. The van der Waals surface area contributed by atoms with Crippen molar-refractivity contribution < 1.29 is 14.3 Å². The molecule has 0 aliphatic heterocycles. The van der Waals surface area contributed by atoms with Gasteiger partial charge >= 0.3 is 5.97 Å². The van der Waals surface area contributed by atoms with Crippen LogP contribution in [0.1, 0.15) is 83.6 Å². The molecule has 0 N–H and O–H groups in total. The van der Waals surface area contributed by atoms with Crippen molar-refractivity contribution >= 4 is 5.97 Å². The van der Waals surface area contributed by atoms with E-state index in [9.17, 15) is 4.79 Å². The number of hydrogen-bond donors (Lipinski definition) is 0. The topological polar surface area (TPSA) is 35.5 Å². The molecule has 0 saturated heterocycles. The van der Waals surface area contributed by atoms with E-state index in [0.717, 1.165) is 44.3 Å². The Labute approximate surface area is 146 Å². The highest BCUT2D eigenvalue weighted by molar-refractivity contribution is 5.69. The van der Waals surface area contributed by atoms with E-state index in [-0.39, 0.29) is 18.2 Å². The zero-order valence-corrected chi connectivity index (χ0v) is 15.4. The first-order valence-corrected chi connectivity index (χ1v) is 9.56. The molecular weight excluding hydrogens is 300 g/mol. The Hall–Kier alpha value is -1.51. The van der Waals surface area contributed by atoms with E-state index in [1.54, 1.807) is 0 Å². The molecule has 2 atom stereocenters. The van der Waals surface area contributed by atoms with E-state index in [1.807, 2.05) is 26.0 Å². The molecule has 0 spiro atoms. The van der Waals surface area contributed by atoms with Gasteiger partial charge in [-0.15, -0.1) is 0 Å². The minimum absolute atomic E-state index is 0.0277. The second-order valence-corrected chi connectivity index (χ2v) is 7.11. The van der Waals surface area contributed by atoms with Gasteiger partial charge in [-0.2, -0.15) is 0 Å². The van der Waals surface area contributed by atoms with Crippen LogP contribution in [-0.2, 0) is 9.53 Å². The molecule has 0 amide bonds. The standard InChI is InChI=1S/C21H32O3/c1-4-5-6-11-21(22)24-20-10-8-7-9-19(20)17-12-14-18(15-13-17)23-16(2)3/h12-16,19-20H,4-11H2,1-3H3/t19-,20+/m0/s1. The van der Waals surface area contributed by atoms with Crippen LogP contribution in [0.15, 0.2) is 24.3 Å². The molecule has 3 nitrogen and oxygen atoms in total. The van der Waals surface area contributed by atoms with Crippen LogP contribution in [0.25, 0.3) is 0 Å². The van der Waals surface area contributed by atoms with Gasteiger partial charge in [0.15, 0.2) is 0 Å². The maximum atomic E-state index is 12.1. The molecule has 0 radical (unpaired) electrons. The van der Waals surface area contributed by atoms with E-state index in [0.29, 0.717) is 12.3 Å². The maximum absolute atomic E-state index is 12.1. The van der Waals surface area contributed by atoms with Gasteiger partial charge in [0.1, 0.15) is 11.9 Å². The van der Waals surface area contributed by atoms with E-state index in [1.165, 1.54) is 12.0 Å². The number of carbonyl (C=O) groups is 1. The van der Waals surface area contributed by atoms with Gasteiger partial charge in [0, 0.05) is 12.3 Å². The minimum Gasteiger partial charge on any atom is -0.491 e. The van der Waals surface area contributed by atoms with Crippen molar-refractivity contribution in [2.24, 2.45) is 0 Å². The molecule has 1 saturated carbocycles. The molecule has 0 unspecified atom stereocenters. The first-order valence-electron chi connectivity index (χ1n) is 9.56. The molecule has 2 rings (SSSR count). The summed E-state index contributed by atoms with van der Waals surface area (Å²) < 4.78 is 11.5. The molecule has 1 aromatic carbocycles. The summed E-state index contributed by atoms with van der Waals surface area (Å²) in [5.74, 6) is 1.19. The van der Waals surface area contributed by atoms with Gasteiger partial charge in [0.25, 0.3) is 0 Å². The van der Waals surface area contributed by atoms with Gasteiger partial charge in [-0.25, -0.2) is 0 Å². The smallest absolute Gasteiger partial charge is 0.306 e. The lowest BCUT2D eigenvalue weighted by Crippen LogP contribution is -2.28. The van der Waals surface area contributed by atoms with Gasteiger partial charge in [-0.05, 0) is 57.2 Å². The fourth-order valence-electron chi connectivity index (χ4n) is 3.43. The quantitative estimate of drug-likeness (QED) is 0.457. The highest BCUT2D eigenvalue weighted by Crippen LogP contribution is 2.36. The summed E-state index contributed by atoms with van der Waals surface area (Å²) >= 11 is 0. The molecule has 3 heteroatoms. The fourth-order valence-corrected chi connectivity index (χ4v) is 3.43. The predicted molar refractivity (Wildman–Crippen MR) is 97.4 cm³/mol. The molecule has 1 aliphatic carbocycles. The Kier molecular flexibility index (Phi) is 7.61. The summed E-state index contributed by atoms with van der Waals surface area (Å²) in [6, 6.07) is 8.32. The molecule has 1 fully saturated rings. The molecule has 134 valence electrons. The van der Waals surface area contributed by atoms with E-state index < -0.39 is 0 Å². The van der Waals surface area contributed by atoms with E-state index >= 15 is 0 Å². The summed E-state index contributed by atoms with van der Waals surface area (Å²) in [6.45, 7) is 6.21. The van der Waals surface area contributed by atoms with Gasteiger partial charge in [-0.1, -0.05) is 38.3 Å². The molecule has 0 bridgehead atoms. The van der Waals surface area contributed by atoms with E-state index in [4.69, 9.17) is 9.47 Å². The summed E-state index contributed by atoms with van der Waals surface area (Å²) in [7, 11) is 0. The molecule has 1 aliphatic rings. The van der Waals surface area contributed by atoms with Crippen LogP contribution >= 0.6 is 0 Å². The van der Waals surface area contributed by atoms with Crippen LogP contribution in [0, 0.1) is 0 Å². The lowest BCUT2D eigenvalue weighted by molar-refractivity contribution is -0.151. The first kappa shape index (κ1) is 18.8. The second kappa shape index (κ2) is 9.71. The Morgan fingerprint density at radius 1 is 1.12 bits per heavy atom. The summed E-state index contributed by atoms with van der Waals surface area (Å²) in [4.78, 5) is 12.1. The average molecular weight is 332 g/mol. The molecule has 0 heterocycles. The fraction of sp³-hybridized carbons (Fsp3) is 0.667. The SMILES string of the molecule is CCCCCC(=O)O[C@@H]1CCCC[C@H]1c1ccc(OC(C)C)cc1. The van der Waals surface area contributed by atoms with Crippen LogP contribution in [0.3, 0.4) is 0 Å². The van der Waals surface area contributed by atoms with E-state index in [2.05, 4.69) is 19.1 Å². The number of benzene rings is 1. The zero-order chi connectivity index (χ0) is 17.4. The van der Waals surface area contributed by atoms with Crippen LogP contribution in [0.4, 0.5) is 0 Å². The van der Waals surface area contributed by atoms with Crippen molar-refractivity contribution in [1.82, 2.24) is 0 Å². The predicted octanol–water partition coefficient (Wildman–Crippen LogP) is 5.62. The maximum Gasteiger partial charge on any atom is 0.306 e. The number of carbonyl (C=O) groups excluding carboxylic acids is 1. The zero-order valence-electron chi connectivity index (χ0n) is 15.4. The van der Waals surface area contributed by atoms with Crippen molar-refractivity contribution in [1.29, 1.82) is 0 Å². The van der Waals surface area contributed by atoms with Crippen molar-refractivity contribution in [2.75, 3.05) is 0 Å². The number of unbranched alkanes of at least 4 members (excludes halogenated alkanes) is 2. The largest absolute Gasteiger partial charge is 0.491 e. The number of hydrogen-bond acceptors (Lipinski definition) is 3. The second-order valence-electron chi connectivity index (χ2n) is 7.11. The van der Waals surface area contributed by atoms with Crippen molar-refractivity contribution in [2.45, 2.75) is 90.3 Å². The lowest BCUT2D eigenvalue weighted by Gasteiger charge is -2.31. The third-order valence-electron chi connectivity index (χ3n) is 4.65. The number of rotatable bonds is 8. The first-order chi connectivity index (χ1) is 11.6. The number of ether oxygens (including phenoxy) is 2. The molecule has 24 heavy (non-hydrogen) atoms. The van der Waals surface area contributed by atoms with Gasteiger partial charge in [-0.3, -0.25) is 4.79 Å². The van der Waals surface area contributed by atoms with Crippen LogP contribution in [0.5, 0.6) is 5.75 Å². The Morgan fingerprint density at radius 3 is 2.50 bits per heavy atom. The third-order valence-corrected chi connectivity index (χ3v) is 4.65. The Balaban J connectivity index is 1.96. The summed E-state index contributed by atoms with van der Waals surface area (Å²) in [6.07, 6.45) is 8.37. The third kappa shape index (κ3) is 5.85. The average Bonchev–Trinajstić information content (AvgIpc) is 2.56.